The fourth-order valence-corrected chi connectivity index (χ4v) is 4.39. The van der Waals surface area contributed by atoms with Crippen molar-refractivity contribution in [2.24, 2.45) is 5.73 Å². The summed E-state index contributed by atoms with van der Waals surface area (Å²) in [6.45, 7) is 2.11. The van der Waals surface area contributed by atoms with E-state index in [1.54, 1.807) is 41.7 Å². The summed E-state index contributed by atoms with van der Waals surface area (Å²) in [5.41, 5.74) is 6.23. The summed E-state index contributed by atoms with van der Waals surface area (Å²) in [7, 11) is 0. The molecule has 6 heteroatoms. The van der Waals surface area contributed by atoms with Gasteiger partial charge >= 0.3 is 0 Å². The van der Waals surface area contributed by atoms with Crippen LogP contribution in [0.1, 0.15) is 23.5 Å². The molecular formula is C12H14BrN3S2. The summed E-state index contributed by atoms with van der Waals surface area (Å²) in [5, 5.41) is 3.22. The predicted octanol–water partition coefficient (Wildman–Crippen LogP) is 3.87. The van der Waals surface area contributed by atoms with E-state index in [-0.39, 0.29) is 11.3 Å². The van der Waals surface area contributed by atoms with Crippen molar-refractivity contribution < 1.29 is 0 Å². The van der Waals surface area contributed by atoms with Crippen LogP contribution >= 0.6 is 39.0 Å². The highest BCUT2D eigenvalue weighted by atomic mass is 79.9. The van der Waals surface area contributed by atoms with Crippen molar-refractivity contribution in [1.29, 1.82) is 0 Å². The van der Waals surface area contributed by atoms with Crippen molar-refractivity contribution in [2.75, 3.05) is 0 Å². The van der Waals surface area contributed by atoms with Crippen LogP contribution in [0.25, 0.3) is 0 Å². The van der Waals surface area contributed by atoms with E-state index in [0.29, 0.717) is 0 Å². The van der Waals surface area contributed by atoms with Crippen LogP contribution in [-0.2, 0) is 0 Å². The Balaban J connectivity index is 2.21. The quantitative estimate of drug-likeness (QED) is 0.837. The molecule has 0 aliphatic heterocycles. The molecule has 0 aliphatic carbocycles. The van der Waals surface area contributed by atoms with E-state index in [4.69, 9.17) is 5.73 Å². The van der Waals surface area contributed by atoms with Gasteiger partial charge in [-0.2, -0.15) is 0 Å². The molecule has 0 saturated heterocycles. The topological polar surface area (TPSA) is 51.8 Å². The number of hydrogen-bond acceptors (Lipinski definition) is 5. The average Bonchev–Trinajstić information content (AvgIpc) is 2.83. The lowest BCUT2D eigenvalue weighted by Crippen LogP contribution is -2.25. The number of hydrogen-bond donors (Lipinski definition) is 1. The van der Waals surface area contributed by atoms with Gasteiger partial charge in [0.25, 0.3) is 0 Å². The van der Waals surface area contributed by atoms with Gasteiger partial charge < -0.3 is 5.73 Å². The minimum atomic E-state index is 0.113. The molecule has 0 amide bonds. The van der Waals surface area contributed by atoms with Gasteiger partial charge in [-0.05, 0) is 28.4 Å². The summed E-state index contributed by atoms with van der Waals surface area (Å²) >= 11 is 6.89. The smallest absolute Gasteiger partial charge is 0.115 e. The van der Waals surface area contributed by atoms with Crippen molar-refractivity contribution in [3.63, 3.8) is 0 Å². The van der Waals surface area contributed by atoms with Crippen LogP contribution in [0.15, 0.2) is 39.5 Å². The Bertz CT molecular complexity index is 489. The zero-order chi connectivity index (χ0) is 13.0. The molecule has 0 aromatic carbocycles. The highest BCUT2D eigenvalue weighted by molar-refractivity contribution is 9.10. The van der Waals surface area contributed by atoms with Crippen molar-refractivity contribution >= 4 is 39.0 Å². The molecule has 0 saturated carbocycles. The molecule has 2 N–H and O–H groups in total. The summed E-state index contributed by atoms with van der Waals surface area (Å²) in [6, 6.07) is 2.25. The maximum Gasteiger partial charge on any atom is 0.115 e. The minimum Gasteiger partial charge on any atom is -0.326 e. The van der Waals surface area contributed by atoms with Crippen LogP contribution in [-0.4, -0.2) is 16.0 Å². The molecule has 0 fully saturated rings. The molecule has 2 heterocycles. The number of nitrogens with zero attached hydrogens (tertiary/aromatic N) is 2. The normalized spacial score (nSPS) is 14.4. The Morgan fingerprint density at radius 3 is 2.89 bits per heavy atom. The lowest BCUT2D eigenvalue weighted by Gasteiger charge is -2.20. The molecule has 96 valence electrons. The molecule has 3 nitrogen and oxygen atoms in total. The number of halogens is 1. The van der Waals surface area contributed by atoms with Crippen LogP contribution in [0.2, 0.25) is 0 Å². The fraction of sp³-hybridized carbons (Fsp3) is 0.333. The fourth-order valence-electron chi connectivity index (χ4n) is 1.52. The maximum atomic E-state index is 6.23. The molecule has 0 spiro atoms. The highest BCUT2D eigenvalue weighted by Crippen LogP contribution is 2.40. The maximum absolute atomic E-state index is 6.23. The van der Waals surface area contributed by atoms with E-state index >= 15 is 0 Å². The summed E-state index contributed by atoms with van der Waals surface area (Å²) in [5.74, 6) is 0. The summed E-state index contributed by atoms with van der Waals surface area (Å²) < 4.78 is 1.11. The molecule has 18 heavy (non-hydrogen) atoms. The summed E-state index contributed by atoms with van der Waals surface area (Å²) in [6.07, 6.45) is 6.11. The number of thiophene rings is 1. The van der Waals surface area contributed by atoms with E-state index in [1.165, 1.54) is 4.88 Å². The third-order valence-corrected chi connectivity index (χ3v) is 5.75. The van der Waals surface area contributed by atoms with Gasteiger partial charge in [0.15, 0.2) is 0 Å². The molecule has 2 unspecified atom stereocenters. The van der Waals surface area contributed by atoms with Crippen molar-refractivity contribution in [3.05, 3.63) is 39.4 Å². The number of thioether (sulfide) groups is 1. The molecule has 0 bridgehead atoms. The first-order valence-electron chi connectivity index (χ1n) is 5.63. The zero-order valence-corrected chi connectivity index (χ0v) is 13.1. The second-order valence-electron chi connectivity index (χ2n) is 3.82. The summed E-state index contributed by atoms with van der Waals surface area (Å²) in [4.78, 5) is 9.67. The first-order valence-corrected chi connectivity index (χ1v) is 8.18. The van der Waals surface area contributed by atoms with Crippen molar-refractivity contribution in [1.82, 2.24) is 9.97 Å². The van der Waals surface area contributed by atoms with Gasteiger partial charge in [0, 0.05) is 33.2 Å². The first-order chi connectivity index (χ1) is 8.70. The Morgan fingerprint density at radius 2 is 2.33 bits per heavy atom. The van der Waals surface area contributed by atoms with E-state index in [0.717, 1.165) is 15.9 Å². The van der Waals surface area contributed by atoms with Gasteiger partial charge in [-0.15, -0.1) is 11.3 Å². The minimum absolute atomic E-state index is 0.113. The second kappa shape index (κ2) is 6.65. The predicted molar refractivity (Wildman–Crippen MR) is 80.9 cm³/mol. The number of nitrogens with two attached hydrogens (primary N) is 1. The lowest BCUT2D eigenvalue weighted by molar-refractivity contribution is 0.639. The van der Waals surface area contributed by atoms with Gasteiger partial charge in [0.1, 0.15) is 5.03 Å². The second-order valence-corrected chi connectivity index (χ2v) is 6.84. The van der Waals surface area contributed by atoms with Gasteiger partial charge in [0.05, 0.1) is 11.4 Å². The Hall–Kier alpha value is -0.430. The van der Waals surface area contributed by atoms with Crippen molar-refractivity contribution in [2.45, 2.75) is 29.7 Å². The molecule has 0 radical (unpaired) electrons. The van der Waals surface area contributed by atoms with Gasteiger partial charge in [0.2, 0.25) is 0 Å². The Morgan fingerprint density at radius 1 is 1.50 bits per heavy atom. The third-order valence-electron chi connectivity index (χ3n) is 2.52. The van der Waals surface area contributed by atoms with Gasteiger partial charge in [-0.1, -0.05) is 18.7 Å². The average molecular weight is 344 g/mol. The van der Waals surface area contributed by atoms with Crippen LogP contribution in [0.4, 0.5) is 0 Å². The zero-order valence-electron chi connectivity index (χ0n) is 9.91. The number of aromatic nitrogens is 2. The Labute approximate surface area is 123 Å². The van der Waals surface area contributed by atoms with Crippen LogP contribution in [0.3, 0.4) is 0 Å². The lowest BCUT2D eigenvalue weighted by atomic mass is 10.1. The van der Waals surface area contributed by atoms with Crippen LogP contribution < -0.4 is 5.73 Å². The monoisotopic (exact) mass is 343 g/mol. The van der Waals surface area contributed by atoms with Gasteiger partial charge in [-0.25, -0.2) is 4.98 Å². The van der Waals surface area contributed by atoms with Crippen molar-refractivity contribution in [3.8, 4) is 0 Å². The molecular weight excluding hydrogens is 330 g/mol. The van der Waals surface area contributed by atoms with E-state index < -0.39 is 0 Å². The Kier molecular flexibility index (Phi) is 5.17. The number of rotatable bonds is 5. The molecule has 2 aromatic heterocycles. The van der Waals surface area contributed by atoms with E-state index in [1.807, 2.05) is 0 Å². The van der Waals surface area contributed by atoms with Crippen LogP contribution in [0, 0.1) is 0 Å². The van der Waals surface area contributed by atoms with E-state index in [2.05, 4.69) is 44.3 Å². The largest absolute Gasteiger partial charge is 0.326 e. The molecule has 0 aliphatic rings. The SMILES string of the molecule is CCC(N)C(Sc1cnccn1)c1cc(Br)cs1. The van der Waals surface area contributed by atoms with E-state index in [9.17, 15) is 0 Å². The van der Waals surface area contributed by atoms with Gasteiger partial charge in [-0.3, -0.25) is 4.98 Å². The highest BCUT2D eigenvalue weighted by Gasteiger charge is 2.22. The molecule has 2 aromatic rings. The first kappa shape index (κ1) is 14.0. The van der Waals surface area contributed by atoms with Crippen LogP contribution in [0.5, 0.6) is 0 Å². The molecule has 2 rings (SSSR count). The molecule has 2 atom stereocenters. The third kappa shape index (κ3) is 3.54. The standard InChI is InChI=1S/C12H14BrN3S2/c1-2-9(14)12(10-5-8(13)7-17-10)18-11-6-15-3-4-16-11/h3-7,9,12H,2,14H2,1H3.